The molecule has 17 heavy (non-hydrogen) atoms. The maximum absolute atomic E-state index is 8.83. The minimum atomic E-state index is 0.816. The first kappa shape index (κ1) is 10.6. The monoisotopic (exact) mass is 259 g/mol. The molecule has 0 saturated heterocycles. The molecule has 3 nitrogen and oxygen atoms in total. The third-order valence-electron chi connectivity index (χ3n) is 2.57. The summed E-state index contributed by atoms with van der Waals surface area (Å²) in [5.41, 5.74) is 0.950. The van der Waals surface area contributed by atoms with E-state index >= 15 is 0 Å². The second-order valence-electron chi connectivity index (χ2n) is 3.60. The Morgan fingerprint density at radius 2 is 2.47 bits per heavy atom. The number of nitrogens with zero attached hydrogens (tertiary/aromatic N) is 3. The van der Waals surface area contributed by atoms with Gasteiger partial charge >= 0.3 is 0 Å². The number of nitriles is 1. The average Bonchev–Trinajstić information content (AvgIpc) is 3.00. The first-order valence-corrected chi connectivity index (χ1v) is 6.93. The number of amidine groups is 1. The molecule has 0 spiro atoms. The Balaban J connectivity index is 2.04. The van der Waals surface area contributed by atoms with E-state index in [1.165, 1.54) is 9.78 Å². The van der Waals surface area contributed by atoms with Gasteiger partial charge in [-0.3, -0.25) is 4.99 Å². The quantitative estimate of drug-likeness (QED) is 0.728. The summed E-state index contributed by atoms with van der Waals surface area (Å²) < 4.78 is 0. The zero-order valence-corrected chi connectivity index (χ0v) is 10.6. The van der Waals surface area contributed by atoms with Crippen LogP contribution in [0.2, 0.25) is 0 Å². The SMILES string of the molecule is N#C/C=C1\C=C(c2cccs2)SC2=NCCN21. The number of allylic oxidation sites excluding steroid dienone is 2. The van der Waals surface area contributed by atoms with E-state index in [1.807, 2.05) is 6.07 Å². The lowest BCUT2D eigenvalue weighted by Gasteiger charge is -2.25. The third kappa shape index (κ3) is 1.90. The maximum Gasteiger partial charge on any atom is 0.168 e. The molecule has 0 aromatic carbocycles. The van der Waals surface area contributed by atoms with Crippen molar-refractivity contribution in [3.63, 3.8) is 0 Å². The summed E-state index contributed by atoms with van der Waals surface area (Å²) in [5, 5.41) is 11.9. The van der Waals surface area contributed by atoms with Gasteiger partial charge in [0.2, 0.25) is 0 Å². The van der Waals surface area contributed by atoms with Gasteiger partial charge in [0.05, 0.1) is 18.3 Å². The lowest BCUT2D eigenvalue weighted by Crippen LogP contribution is -2.26. The van der Waals surface area contributed by atoms with Crippen molar-refractivity contribution in [2.24, 2.45) is 4.99 Å². The van der Waals surface area contributed by atoms with Gasteiger partial charge in [-0.2, -0.15) is 5.26 Å². The molecule has 3 rings (SSSR count). The molecule has 0 radical (unpaired) electrons. The smallest absolute Gasteiger partial charge is 0.168 e. The van der Waals surface area contributed by atoms with E-state index in [0.29, 0.717) is 0 Å². The van der Waals surface area contributed by atoms with Crippen LogP contribution in [0.15, 0.2) is 40.4 Å². The Morgan fingerprint density at radius 3 is 3.24 bits per heavy atom. The van der Waals surface area contributed by atoms with E-state index < -0.39 is 0 Å². The lowest BCUT2D eigenvalue weighted by atomic mass is 10.3. The summed E-state index contributed by atoms with van der Waals surface area (Å²) in [6.07, 6.45) is 3.66. The van der Waals surface area contributed by atoms with Crippen molar-refractivity contribution in [1.82, 2.24) is 4.90 Å². The highest BCUT2D eigenvalue weighted by molar-refractivity contribution is 8.21. The van der Waals surface area contributed by atoms with Gasteiger partial charge in [0.1, 0.15) is 0 Å². The van der Waals surface area contributed by atoms with Crippen molar-refractivity contribution in [2.45, 2.75) is 0 Å². The van der Waals surface area contributed by atoms with Crippen LogP contribution in [0.1, 0.15) is 4.88 Å². The lowest BCUT2D eigenvalue weighted by molar-refractivity contribution is 0.587. The Bertz CT molecular complexity index is 561. The van der Waals surface area contributed by atoms with Gasteiger partial charge in [-0.25, -0.2) is 0 Å². The second-order valence-corrected chi connectivity index (χ2v) is 5.56. The average molecular weight is 259 g/mol. The van der Waals surface area contributed by atoms with Crippen LogP contribution in [0.5, 0.6) is 0 Å². The van der Waals surface area contributed by atoms with E-state index in [9.17, 15) is 0 Å². The van der Waals surface area contributed by atoms with Crippen LogP contribution in [-0.2, 0) is 0 Å². The highest BCUT2D eigenvalue weighted by atomic mass is 32.2. The molecule has 0 atom stereocenters. The van der Waals surface area contributed by atoms with E-state index in [-0.39, 0.29) is 0 Å². The van der Waals surface area contributed by atoms with E-state index in [4.69, 9.17) is 5.26 Å². The minimum absolute atomic E-state index is 0.816. The molecule has 2 aliphatic rings. The maximum atomic E-state index is 8.83. The van der Waals surface area contributed by atoms with Crippen LogP contribution in [-0.4, -0.2) is 23.2 Å². The topological polar surface area (TPSA) is 39.4 Å². The van der Waals surface area contributed by atoms with Crippen molar-refractivity contribution in [3.8, 4) is 6.07 Å². The Hall–Kier alpha value is -1.51. The molecule has 2 aliphatic heterocycles. The molecule has 1 aromatic rings. The fourth-order valence-corrected chi connectivity index (χ4v) is 3.73. The van der Waals surface area contributed by atoms with E-state index in [2.05, 4.69) is 33.5 Å². The molecule has 5 heteroatoms. The summed E-state index contributed by atoms with van der Waals surface area (Å²) in [6, 6.07) is 6.24. The summed E-state index contributed by atoms with van der Waals surface area (Å²) in [4.78, 5) is 8.98. The van der Waals surface area contributed by atoms with E-state index in [1.54, 1.807) is 29.2 Å². The van der Waals surface area contributed by atoms with Crippen LogP contribution in [0, 0.1) is 11.3 Å². The van der Waals surface area contributed by atoms with Gasteiger partial charge in [0, 0.05) is 22.4 Å². The van der Waals surface area contributed by atoms with Crippen LogP contribution in [0.4, 0.5) is 0 Å². The summed E-state index contributed by atoms with van der Waals surface area (Å²) in [5.74, 6) is 0. The Labute approximate surface area is 108 Å². The summed E-state index contributed by atoms with van der Waals surface area (Å²) in [6.45, 7) is 1.70. The second kappa shape index (κ2) is 4.40. The van der Waals surface area contributed by atoms with Gasteiger partial charge in [0.25, 0.3) is 0 Å². The normalized spacial score (nSPS) is 20.9. The summed E-state index contributed by atoms with van der Waals surface area (Å²) in [7, 11) is 0. The van der Waals surface area contributed by atoms with Crippen molar-refractivity contribution in [3.05, 3.63) is 40.2 Å². The van der Waals surface area contributed by atoms with Crippen LogP contribution < -0.4 is 0 Å². The van der Waals surface area contributed by atoms with E-state index in [0.717, 1.165) is 24.0 Å². The summed E-state index contributed by atoms with van der Waals surface area (Å²) >= 11 is 3.40. The Morgan fingerprint density at radius 1 is 1.53 bits per heavy atom. The number of rotatable bonds is 1. The number of hydrogen-bond donors (Lipinski definition) is 0. The molecular formula is C12H9N3S2. The zero-order valence-electron chi connectivity index (χ0n) is 8.96. The molecule has 0 aliphatic carbocycles. The molecule has 1 aromatic heterocycles. The molecule has 0 fully saturated rings. The third-order valence-corrected chi connectivity index (χ3v) is 4.69. The molecule has 3 heterocycles. The number of thiophene rings is 1. The molecule has 0 unspecified atom stereocenters. The van der Waals surface area contributed by atoms with Crippen LogP contribution in [0.3, 0.4) is 0 Å². The number of hydrogen-bond acceptors (Lipinski definition) is 5. The van der Waals surface area contributed by atoms with Gasteiger partial charge in [-0.1, -0.05) is 17.8 Å². The Kier molecular flexibility index (Phi) is 2.75. The van der Waals surface area contributed by atoms with Crippen LogP contribution >= 0.6 is 23.1 Å². The number of aliphatic imine (C=N–C) groups is 1. The molecule has 0 saturated carbocycles. The predicted octanol–water partition coefficient (Wildman–Crippen LogP) is 2.91. The molecule has 84 valence electrons. The zero-order chi connectivity index (χ0) is 11.7. The standard InChI is InChI=1S/C12H9N3S2/c13-4-3-9-8-11(10-2-1-7-16-10)17-12-14-5-6-15(9)12/h1-3,7-8H,5-6H2/b9-3+. The van der Waals surface area contributed by atoms with Crippen molar-refractivity contribution in [2.75, 3.05) is 13.1 Å². The van der Waals surface area contributed by atoms with Crippen molar-refractivity contribution in [1.29, 1.82) is 5.26 Å². The fraction of sp³-hybridized carbons (Fsp3) is 0.167. The molecule has 0 N–H and O–H groups in total. The van der Waals surface area contributed by atoms with Crippen molar-refractivity contribution >= 4 is 33.2 Å². The first-order valence-electron chi connectivity index (χ1n) is 5.23. The number of fused-ring (bicyclic) bond motifs is 1. The van der Waals surface area contributed by atoms with Crippen molar-refractivity contribution < 1.29 is 0 Å². The molecule has 0 bridgehead atoms. The molecule has 0 amide bonds. The van der Waals surface area contributed by atoms with Gasteiger partial charge in [0.15, 0.2) is 5.17 Å². The molecular weight excluding hydrogens is 250 g/mol. The highest BCUT2D eigenvalue weighted by Gasteiger charge is 2.26. The highest BCUT2D eigenvalue weighted by Crippen LogP contribution is 2.39. The first-order chi connectivity index (χ1) is 8.38. The fourth-order valence-electron chi connectivity index (χ4n) is 1.82. The number of thioether (sulfide) groups is 1. The largest absolute Gasteiger partial charge is 0.318 e. The van der Waals surface area contributed by atoms with Gasteiger partial charge in [-0.15, -0.1) is 11.3 Å². The van der Waals surface area contributed by atoms with Gasteiger partial charge < -0.3 is 4.90 Å². The van der Waals surface area contributed by atoms with Crippen LogP contribution in [0.25, 0.3) is 4.91 Å². The van der Waals surface area contributed by atoms with Gasteiger partial charge in [-0.05, 0) is 17.5 Å². The minimum Gasteiger partial charge on any atom is -0.318 e. The predicted molar refractivity (Wildman–Crippen MR) is 72.6 cm³/mol.